The Kier molecular flexibility index (Phi) is 7.49. The summed E-state index contributed by atoms with van der Waals surface area (Å²) in [6, 6.07) is 4.04. The summed E-state index contributed by atoms with van der Waals surface area (Å²) in [7, 11) is 3.33. The second-order valence-electron chi connectivity index (χ2n) is 5.69. The molecule has 2 rings (SSSR count). The van der Waals surface area contributed by atoms with Gasteiger partial charge in [0.15, 0.2) is 11.5 Å². The molecule has 5 heteroatoms. The molecule has 0 unspecified atom stereocenters. The third kappa shape index (κ3) is 5.29. The number of hydrogen-bond donors (Lipinski definition) is 0. The van der Waals surface area contributed by atoms with Crippen LogP contribution in [0.2, 0.25) is 0 Å². The highest BCUT2D eigenvalue weighted by Gasteiger charge is 2.14. The monoisotopic (exact) mass is 323 g/mol. The van der Waals surface area contributed by atoms with Crippen LogP contribution < -0.4 is 14.2 Å². The van der Waals surface area contributed by atoms with E-state index in [1.807, 2.05) is 12.1 Å². The minimum atomic E-state index is 0.669. The number of morpholine rings is 1. The van der Waals surface area contributed by atoms with Gasteiger partial charge in [0, 0.05) is 13.1 Å². The van der Waals surface area contributed by atoms with Crippen molar-refractivity contribution in [2.24, 2.45) is 0 Å². The molecular weight excluding hydrogens is 294 g/mol. The lowest BCUT2D eigenvalue weighted by atomic mass is 10.1. The summed E-state index contributed by atoms with van der Waals surface area (Å²) in [6.07, 6.45) is 3.07. The zero-order valence-corrected chi connectivity index (χ0v) is 14.6. The van der Waals surface area contributed by atoms with Crippen LogP contribution in [-0.2, 0) is 11.2 Å². The summed E-state index contributed by atoms with van der Waals surface area (Å²) in [4.78, 5) is 2.45. The summed E-state index contributed by atoms with van der Waals surface area (Å²) < 4.78 is 22.2. The number of rotatable bonds is 9. The smallest absolute Gasteiger partial charge is 0.203 e. The van der Waals surface area contributed by atoms with Crippen molar-refractivity contribution in [1.82, 2.24) is 4.90 Å². The maximum atomic E-state index is 5.95. The highest BCUT2D eigenvalue weighted by molar-refractivity contribution is 5.53. The maximum Gasteiger partial charge on any atom is 0.203 e. The van der Waals surface area contributed by atoms with E-state index < -0.39 is 0 Å². The Bertz CT molecular complexity index is 447. The highest BCUT2D eigenvalue weighted by atomic mass is 16.5. The van der Waals surface area contributed by atoms with E-state index in [4.69, 9.17) is 18.9 Å². The largest absolute Gasteiger partial charge is 0.493 e. The predicted octanol–water partition coefficient (Wildman–Crippen LogP) is 2.76. The molecule has 1 heterocycles. The van der Waals surface area contributed by atoms with Crippen molar-refractivity contribution in [2.75, 3.05) is 53.7 Å². The molecule has 0 saturated carbocycles. The number of ether oxygens (including phenoxy) is 4. The summed E-state index contributed by atoms with van der Waals surface area (Å²) >= 11 is 0. The van der Waals surface area contributed by atoms with Gasteiger partial charge in [-0.1, -0.05) is 6.92 Å². The van der Waals surface area contributed by atoms with E-state index in [0.717, 1.165) is 63.6 Å². The van der Waals surface area contributed by atoms with Gasteiger partial charge in [0.05, 0.1) is 34.0 Å². The average molecular weight is 323 g/mol. The molecule has 1 aliphatic rings. The minimum absolute atomic E-state index is 0.669. The second-order valence-corrected chi connectivity index (χ2v) is 5.69. The van der Waals surface area contributed by atoms with Gasteiger partial charge in [-0.3, -0.25) is 4.90 Å². The van der Waals surface area contributed by atoms with Gasteiger partial charge in [-0.2, -0.15) is 0 Å². The van der Waals surface area contributed by atoms with E-state index in [2.05, 4.69) is 11.8 Å². The van der Waals surface area contributed by atoms with E-state index in [-0.39, 0.29) is 0 Å². The van der Waals surface area contributed by atoms with Crippen LogP contribution in [0.1, 0.15) is 25.3 Å². The molecule has 0 N–H and O–H groups in total. The van der Waals surface area contributed by atoms with Crippen LogP contribution >= 0.6 is 0 Å². The Morgan fingerprint density at radius 1 is 1.04 bits per heavy atom. The number of hydrogen-bond acceptors (Lipinski definition) is 5. The van der Waals surface area contributed by atoms with Gasteiger partial charge in [-0.05, 0) is 43.5 Å². The molecule has 0 aliphatic carbocycles. The number of benzene rings is 1. The van der Waals surface area contributed by atoms with E-state index in [0.29, 0.717) is 12.4 Å². The third-order valence-corrected chi connectivity index (χ3v) is 4.15. The van der Waals surface area contributed by atoms with Crippen LogP contribution in [0.3, 0.4) is 0 Å². The summed E-state index contributed by atoms with van der Waals surface area (Å²) in [5.74, 6) is 2.20. The van der Waals surface area contributed by atoms with E-state index in [9.17, 15) is 0 Å². The van der Waals surface area contributed by atoms with Crippen molar-refractivity contribution in [1.29, 1.82) is 0 Å². The van der Waals surface area contributed by atoms with Gasteiger partial charge >= 0.3 is 0 Å². The SMILES string of the molecule is CCc1cc(OC)c(OCCCCN2CCOCC2)c(OC)c1. The normalized spacial score (nSPS) is 15.4. The van der Waals surface area contributed by atoms with Crippen LogP contribution in [0.25, 0.3) is 0 Å². The Morgan fingerprint density at radius 3 is 2.26 bits per heavy atom. The molecule has 0 bridgehead atoms. The molecular formula is C18H29NO4. The van der Waals surface area contributed by atoms with Crippen LogP contribution in [0.15, 0.2) is 12.1 Å². The van der Waals surface area contributed by atoms with Crippen molar-refractivity contribution in [3.8, 4) is 17.2 Å². The standard InChI is InChI=1S/C18H29NO4/c1-4-15-13-16(20-2)18(17(14-15)21-3)23-10-6-5-7-19-8-11-22-12-9-19/h13-14H,4-12H2,1-3H3. The Morgan fingerprint density at radius 2 is 1.70 bits per heavy atom. The van der Waals surface area contributed by atoms with E-state index in [1.54, 1.807) is 14.2 Å². The molecule has 23 heavy (non-hydrogen) atoms. The maximum absolute atomic E-state index is 5.95. The first-order valence-corrected chi connectivity index (χ1v) is 8.46. The van der Waals surface area contributed by atoms with Crippen LogP contribution in [0, 0.1) is 0 Å². The Balaban J connectivity index is 1.82. The lowest BCUT2D eigenvalue weighted by Gasteiger charge is -2.26. The molecule has 1 aromatic rings. The Labute approximate surface area is 139 Å². The lowest BCUT2D eigenvalue weighted by molar-refractivity contribution is 0.0367. The fourth-order valence-electron chi connectivity index (χ4n) is 2.72. The number of methoxy groups -OCH3 is 2. The molecule has 0 radical (unpaired) electrons. The molecule has 5 nitrogen and oxygen atoms in total. The zero-order valence-electron chi connectivity index (χ0n) is 14.6. The van der Waals surface area contributed by atoms with Crippen molar-refractivity contribution in [3.05, 3.63) is 17.7 Å². The Hall–Kier alpha value is -1.46. The van der Waals surface area contributed by atoms with Crippen LogP contribution in [0.4, 0.5) is 0 Å². The molecule has 0 spiro atoms. The van der Waals surface area contributed by atoms with E-state index in [1.165, 1.54) is 5.56 Å². The predicted molar refractivity (Wildman–Crippen MR) is 90.9 cm³/mol. The zero-order chi connectivity index (χ0) is 16.5. The molecule has 1 saturated heterocycles. The van der Waals surface area contributed by atoms with Crippen molar-refractivity contribution >= 4 is 0 Å². The molecule has 130 valence electrons. The summed E-state index contributed by atoms with van der Waals surface area (Å²) in [5.41, 5.74) is 1.18. The molecule has 1 fully saturated rings. The first-order valence-electron chi connectivity index (χ1n) is 8.46. The minimum Gasteiger partial charge on any atom is -0.493 e. The highest BCUT2D eigenvalue weighted by Crippen LogP contribution is 2.38. The molecule has 0 amide bonds. The molecule has 1 aromatic carbocycles. The van der Waals surface area contributed by atoms with Gasteiger partial charge in [0.2, 0.25) is 5.75 Å². The number of nitrogens with zero attached hydrogens (tertiary/aromatic N) is 1. The number of unbranched alkanes of at least 4 members (excludes halogenated alkanes) is 1. The summed E-state index contributed by atoms with van der Waals surface area (Å²) in [5, 5.41) is 0. The van der Waals surface area contributed by atoms with Crippen molar-refractivity contribution in [2.45, 2.75) is 26.2 Å². The van der Waals surface area contributed by atoms with Gasteiger partial charge in [-0.25, -0.2) is 0 Å². The second kappa shape index (κ2) is 9.63. The average Bonchev–Trinajstić information content (AvgIpc) is 2.61. The van der Waals surface area contributed by atoms with Crippen LogP contribution in [0.5, 0.6) is 17.2 Å². The summed E-state index contributed by atoms with van der Waals surface area (Å²) in [6.45, 7) is 7.68. The van der Waals surface area contributed by atoms with Gasteiger partial charge in [-0.15, -0.1) is 0 Å². The van der Waals surface area contributed by atoms with Crippen LogP contribution in [-0.4, -0.2) is 58.6 Å². The van der Waals surface area contributed by atoms with Gasteiger partial charge < -0.3 is 18.9 Å². The van der Waals surface area contributed by atoms with Crippen molar-refractivity contribution in [3.63, 3.8) is 0 Å². The molecule has 0 aromatic heterocycles. The lowest BCUT2D eigenvalue weighted by Crippen LogP contribution is -2.36. The first kappa shape index (κ1) is 17.9. The topological polar surface area (TPSA) is 40.2 Å². The number of aryl methyl sites for hydroxylation is 1. The van der Waals surface area contributed by atoms with E-state index >= 15 is 0 Å². The van der Waals surface area contributed by atoms with Gasteiger partial charge in [0.1, 0.15) is 0 Å². The fraction of sp³-hybridized carbons (Fsp3) is 0.667. The third-order valence-electron chi connectivity index (χ3n) is 4.15. The van der Waals surface area contributed by atoms with Crippen molar-refractivity contribution < 1.29 is 18.9 Å². The van der Waals surface area contributed by atoms with Gasteiger partial charge in [0.25, 0.3) is 0 Å². The molecule has 1 aliphatic heterocycles. The molecule has 0 atom stereocenters. The fourth-order valence-corrected chi connectivity index (χ4v) is 2.72. The first-order chi connectivity index (χ1) is 11.3. The quantitative estimate of drug-likeness (QED) is 0.654.